The zero-order chi connectivity index (χ0) is 12.8. The van der Waals surface area contributed by atoms with Crippen LogP contribution in [0.3, 0.4) is 0 Å². The molecule has 0 spiro atoms. The Kier molecular flexibility index (Phi) is 3.85. The van der Waals surface area contributed by atoms with Crippen molar-refractivity contribution < 1.29 is 4.92 Å². The summed E-state index contributed by atoms with van der Waals surface area (Å²) in [4.78, 5) is 11.4. The molecule has 17 heavy (non-hydrogen) atoms. The third-order valence-electron chi connectivity index (χ3n) is 2.10. The lowest BCUT2D eigenvalue weighted by Crippen LogP contribution is -2.23. The number of anilines is 2. The Morgan fingerprint density at radius 3 is 2.35 bits per heavy atom. The molecule has 0 saturated carbocycles. The standard InChI is InChI=1S/C10H9N5O2/c11-3-5-14(6-4-12)8-1-2-10(15(16)17)9(13)7-8/h1-2,7H,5-6,13H2. The van der Waals surface area contributed by atoms with Crippen LogP contribution in [0.1, 0.15) is 0 Å². The SMILES string of the molecule is N#CCN(CC#N)c1ccc([N+](=O)[O-])c(N)c1. The molecule has 0 amide bonds. The molecule has 0 heterocycles. The van der Waals surface area contributed by atoms with Gasteiger partial charge < -0.3 is 10.6 Å². The van der Waals surface area contributed by atoms with Crippen LogP contribution in [0.5, 0.6) is 0 Å². The Bertz CT molecular complexity index is 498. The molecule has 0 saturated heterocycles. The maximum Gasteiger partial charge on any atom is 0.292 e. The number of nitro benzene ring substituents is 1. The highest BCUT2D eigenvalue weighted by Crippen LogP contribution is 2.26. The number of nitro groups is 1. The number of hydrogen-bond acceptors (Lipinski definition) is 6. The van der Waals surface area contributed by atoms with Gasteiger partial charge in [-0.15, -0.1) is 0 Å². The minimum atomic E-state index is -0.585. The molecule has 1 aromatic rings. The van der Waals surface area contributed by atoms with Crippen molar-refractivity contribution in [3.05, 3.63) is 28.3 Å². The molecular weight excluding hydrogens is 222 g/mol. The van der Waals surface area contributed by atoms with Gasteiger partial charge in [-0.25, -0.2) is 0 Å². The van der Waals surface area contributed by atoms with E-state index in [9.17, 15) is 10.1 Å². The summed E-state index contributed by atoms with van der Waals surface area (Å²) in [7, 11) is 0. The molecule has 7 nitrogen and oxygen atoms in total. The number of nitrogens with zero attached hydrogens (tertiary/aromatic N) is 4. The van der Waals surface area contributed by atoms with E-state index in [2.05, 4.69) is 0 Å². The summed E-state index contributed by atoms with van der Waals surface area (Å²) in [6.45, 7) is 0.0373. The van der Waals surface area contributed by atoms with Crippen molar-refractivity contribution in [1.29, 1.82) is 10.5 Å². The predicted molar refractivity (Wildman–Crippen MR) is 60.9 cm³/mol. The summed E-state index contributed by atoms with van der Waals surface area (Å²) in [6, 6.07) is 7.92. The average Bonchev–Trinajstić information content (AvgIpc) is 2.28. The van der Waals surface area contributed by atoms with Gasteiger partial charge in [0.05, 0.1) is 17.1 Å². The fraction of sp³-hybridized carbons (Fsp3) is 0.200. The van der Waals surface area contributed by atoms with Crippen LogP contribution >= 0.6 is 0 Å². The van der Waals surface area contributed by atoms with Gasteiger partial charge in [-0.2, -0.15) is 10.5 Å². The maximum absolute atomic E-state index is 10.6. The Hall–Kier alpha value is -2.80. The number of hydrogen-bond donors (Lipinski definition) is 1. The number of nitriles is 2. The second-order valence-corrected chi connectivity index (χ2v) is 3.17. The molecule has 1 aromatic carbocycles. The first kappa shape index (κ1) is 12.3. The molecule has 86 valence electrons. The second kappa shape index (κ2) is 5.33. The van der Waals surface area contributed by atoms with E-state index >= 15 is 0 Å². The van der Waals surface area contributed by atoms with Gasteiger partial charge in [0.1, 0.15) is 18.8 Å². The normalized spacial score (nSPS) is 9.06. The zero-order valence-corrected chi connectivity index (χ0v) is 8.83. The predicted octanol–water partition coefficient (Wildman–Crippen LogP) is 1.03. The summed E-state index contributed by atoms with van der Waals surface area (Å²) in [5.41, 5.74) is 5.84. The lowest BCUT2D eigenvalue weighted by molar-refractivity contribution is -0.383. The van der Waals surface area contributed by atoms with Crippen LogP contribution in [-0.2, 0) is 0 Å². The van der Waals surface area contributed by atoms with Crippen LogP contribution < -0.4 is 10.6 Å². The summed E-state index contributed by atoms with van der Waals surface area (Å²) in [5.74, 6) is 0. The monoisotopic (exact) mass is 231 g/mol. The Morgan fingerprint density at radius 2 is 1.94 bits per heavy atom. The van der Waals surface area contributed by atoms with Crippen molar-refractivity contribution in [3.8, 4) is 12.1 Å². The third-order valence-corrected chi connectivity index (χ3v) is 2.10. The highest BCUT2D eigenvalue weighted by molar-refractivity contribution is 5.67. The van der Waals surface area contributed by atoms with Crippen molar-refractivity contribution in [2.75, 3.05) is 23.7 Å². The smallest absolute Gasteiger partial charge is 0.292 e. The lowest BCUT2D eigenvalue weighted by atomic mass is 10.2. The van der Waals surface area contributed by atoms with Crippen molar-refractivity contribution >= 4 is 17.1 Å². The number of benzene rings is 1. The summed E-state index contributed by atoms with van der Waals surface area (Å²) in [6.07, 6.45) is 0. The van der Waals surface area contributed by atoms with E-state index in [0.717, 1.165) is 0 Å². The fourth-order valence-electron chi connectivity index (χ4n) is 1.31. The van der Waals surface area contributed by atoms with E-state index in [-0.39, 0.29) is 24.5 Å². The Labute approximate surface area is 97.4 Å². The molecule has 0 fully saturated rings. The molecule has 0 radical (unpaired) electrons. The number of nitrogens with two attached hydrogens (primary N) is 1. The van der Waals surface area contributed by atoms with Gasteiger partial charge in [0.25, 0.3) is 5.69 Å². The molecule has 0 aliphatic carbocycles. The molecule has 0 bridgehead atoms. The Balaban J connectivity index is 3.07. The van der Waals surface area contributed by atoms with Crippen LogP contribution in [0, 0.1) is 32.8 Å². The minimum absolute atomic E-state index is 0.00776. The molecule has 2 N–H and O–H groups in total. The molecule has 7 heteroatoms. The van der Waals surface area contributed by atoms with Crippen molar-refractivity contribution in [2.45, 2.75) is 0 Å². The highest BCUT2D eigenvalue weighted by atomic mass is 16.6. The molecule has 0 aliphatic rings. The average molecular weight is 231 g/mol. The number of nitrogen functional groups attached to an aromatic ring is 1. The third kappa shape index (κ3) is 2.83. The van der Waals surface area contributed by atoms with Gasteiger partial charge in [-0.3, -0.25) is 10.1 Å². The second-order valence-electron chi connectivity index (χ2n) is 3.17. The Morgan fingerprint density at radius 1 is 1.35 bits per heavy atom. The van der Waals surface area contributed by atoms with Crippen LogP contribution in [-0.4, -0.2) is 18.0 Å². The summed E-state index contributed by atoms with van der Waals surface area (Å²) >= 11 is 0. The van der Waals surface area contributed by atoms with Crippen LogP contribution in [0.25, 0.3) is 0 Å². The molecule has 0 atom stereocenters. The van der Waals surface area contributed by atoms with E-state index in [0.29, 0.717) is 5.69 Å². The van der Waals surface area contributed by atoms with Crippen molar-refractivity contribution in [2.24, 2.45) is 0 Å². The molecule has 1 rings (SSSR count). The van der Waals surface area contributed by atoms with Crippen LogP contribution in [0.2, 0.25) is 0 Å². The quantitative estimate of drug-likeness (QED) is 0.357. The topological polar surface area (TPSA) is 120 Å². The van der Waals surface area contributed by atoms with Gasteiger partial charge in [0.2, 0.25) is 0 Å². The molecule has 0 unspecified atom stereocenters. The van der Waals surface area contributed by atoms with E-state index in [4.69, 9.17) is 16.3 Å². The first-order valence-corrected chi connectivity index (χ1v) is 4.63. The van der Waals surface area contributed by atoms with E-state index in [1.165, 1.54) is 23.1 Å². The fourth-order valence-corrected chi connectivity index (χ4v) is 1.31. The van der Waals surface area contributed by atoms with Crippen molar-refractivity contribution in [3.63, 3.8) is 0 Å². The van der Waals surface area contributed by atoms with Gasteiger partial charge in [0.15, 0.2) is 0 Å². The van der Waals surface area contributed by atoms with Gasteiger partial charge in [-0.05, 0) is 12.1 Å². The molecule has 0 aromatic heterocycles. The van der Waals surface area contributed by atoms with Crippen LogP contribution in [0.4, 0.5) is 17.1 Å². The lowest BCUT2D eigenvalue weighted by Gasteiger charge is -2.18. The minimum Gasteiger partial charge on any atom is -0.393 e. The van der Waals surface area contributed by atoms with E-state index < -0.39 is 4.92 Å². The van der Waals surface area contributed by atoms with E-state index in [1.54, 1.807) is 0 Å². The highest BCUT2D eigenvalue weighted by Gasteiger charge is 2.13. The molecule has 0 aliphatic heterocycles. The van der Waals surface area contributed by atoms with Gasteiger partial charge in [-0.1, -0.05) is 0 Å². The van der Waals surface area contributed by atoms with Crippen molar-refractivity contribution in [1.82, 2.24) is 0 Å². The first-order chi connectivity index (χ1) is 8.10. The van der Waals surface area contributed by atoms with Crippen LogP contribution in [0.15, 0.2) is 18.2 Å². The molecular formula is C10H9N5O2. The first-order valence-electron chi connectivity index (χ1n) is 4.63. The summed E-state index contributed by atoms with van der Waals surface area (Å²) < 4.78 is 0. The maximum atomic E-state index is 10.6. The number of rotatable bonds is 4. The summed E-state index contributed by atoms with van der Waals surface area (Å²) in [5, 5.41) is 27.8. The zero-order valence-electron chi connectivity index (χ0n) is 8.83. The largest absolute Gasteiger partial charge is 0.393 e. The van der Waals surface area contributed by atoms with E-state index in [1.807, 2.05) is 12.1 Å². The van der Waals surface area contributed by atoms with Gasteiger partial charge >= 0.3 is 0 Å². The van der Waals surface area contributed by atoms with Gasteiger partial charge in [0, 0.05) is 11.8 Å².